The van der Waals surface area contributed by atoms with Gasteiger partial charge in [0.2, 0.25) is 0 Å². The first kappa shape index (κ1) is 73.9. The molecule has 0 spiro atoms. The predicted molar refractivity (Wildman–Crippen MR) is 252 cm³/mol. The summed E-state index contributed by atoms with van der Waals surface area (Å²) in [4.78, 5) is 42.6. The van der Waals surface area contributed by atoms with E-state index >= 15 is 0 Å². The van der Waals surface area contributed by atoms with Crippen LogP contribution in [0.2, 0.25) is 0 Å². The van der Waals surface area contributed by atoms with Crippen LogP contribution in [-0.4, -0.2) is 75.1 Å². The van der Waals surface area contributed by atoms with Crippen LogP contribution >= 0.6 is 15.6 Å². The van der Waals surface area contributed by atoms with Crippen LogP contribution in [0.4, 0.5) is 86.8 Å². The molecule has 0 atom stereocenters. The van der Waals surface area contributed by atoms with Crippen LogP contribution in [-0.2, 0) is 32.2 Å². The van der Waals surface area contributed by atoms with Gasteiger partial charge in [-0.15, -0.1) is 0 Å². The molecule has 6 aromatic rings. The van der Waals surface area contributed by atoms with Gasteiger partial charge in [-0.25, -0.2) is 33.1 Å². The zero-order chi connectivity index (χ0) is 59.4. The first-order valence-electron chi connectivity index (χ1n) is 19.8. The maximum absolute atomic E-state index is 12.1. The van der Waals surface area contributed by atoms with Crippen LogP contribution in [0.15, 0.2) is 128 Å². The fourth-order valence-electron chi connectivity index (χ4n) is 4.28. The molecule has 0 aromatic carbocycles. The number of esters is 1. The second-order valence-corrected chi connectivity index (χ2v) is 18.3. The Kier molecular flexibility index (Phi) is 28.7. The molecule has 421 valence electrons. The van der Waals surface area contributed by atoms with E-state index in [1.54, 1.807) is 62.1 Å². The molecule has 0 amide bonds. The van der Waals surface area contributed by atoms with Gasteiger partial charge in [0.05, 0.1) is 53.2 Å². The molecule has 0 N–H and O–H groups in total. The summed E-state index contributed by atoms with van der Waals surface area (Å²) in [5, 5.41) is 22.0. The van der Waals surface area contributed by atoms with Gasteiger partial charge in [-0.1, -0.05) is 30.3 Å². The van der Waals surface area contributed by atoms with Crippen molar-refractivity contribution in [3.05, 3.63) is 133 Å². The number of ether oxygens (including phenoxy) is 1. The standard InChI is InChI=1S/C18H15N3O2.C17H17N5.3C2H3N.CHF3O3S.Cr.2F6P/c1-2-23-18(22)13-11-16(14-7-3-5-9-19-14)21-17(12-13)15-8-4-6-10-20-15;1-21(14-8-3-5-12-18-14)16-10-7-11-17(20-16)22(2)15-9-4-6-13-19-15;3*1-2-3;2-1(3,4)8(5,6)7;;2*1-7(2,3,4,5)6/h3-12H,2H2,1H3;3-13H,1-2H3;3*1H3;(H,5,6,7);;;/q;;;;;;+3;2*-1/p-1. The van der Waals surface area contributed by atoms with E-state index in [2.05, 4.69) is 24.9 Å². The number of nitriles is 3. The molecule has 6 aromatic heterocycles. The van der Waals surface area contributed by atoms with Gasteiger partial charge in [0.25, 0.3) is 0 Å². The molecular formula is C42H41CrF15N11O5P2S. The van der Waals surface area contributed by atoms with Gasteiger partial charge in [-0.3, -0.25) is 9.97 Å². The fourth-order valence-corrected chi connectivity index (χ4v) is 4.28. The summed E-state index contributed by atoms with van der Waals surface area (Å²) in [5.74, 6) is 2.99. The van der Waals surface area contributed by atoms with Crippen molar-refractivity contribution in [1.82, 2.24) is 29.9 Å². The monoisotopic (exact) mass is 1210 g/mol. The van der Waals surface area contributed by atoms with E-state index in [4.69, 9.17) is 38.5 Å². The minimum atomic E-state index is -10.7. The first-order chi connectivity index (χ1) is 34.4. The summed E-state index contributed by atoms with van der Waals surface area (Å²) in [6.45, 7) is 6.39. The molecule has 0 aliphatic heterocycles. The van der Waals surface area contributed by atoms with Gasteiger partial charge in [-0.05, 0) is 79.7 Å². The van der Waals surface area contributed by atoms with Crippen LogP contribution in [0.1, 0.15) is 38.1 Å². The molecule has 0 bridgehead atoms. The van der Waals surface area contributed by atoms with E-state index in [0.29, 0.717) is 34.9 Å². The van der Waals surface area contributed by atoms with Gasteiger partial charge in [-0.2, -0.15) is 29.0 Å². The molecule has 0 aliphatic carbocycles. The summed E-state index contributed by atoms with van der Waals surface area (Å²) in [6, 6.07) is 37.3. The van der Waals surface area contributed by atoms with Gasteiger partial charge >= 0.3 is 94.8 Å². The van der Waals surface area contributed by atoms with Gasteiger partial charge in [0.1, 0.15) is 23.3 Å². The number of carbonyl (C=O) groups is 1. The molecule has 0 unspecified atom stereocenters. The SMILES string of the molecule is CC#N.CC#N.CC#N.CCOC(=O)c1cc(-c2ccccn2)nc(-c2ccccn2)c1.CN(c1ccccn1)c1cccc(N(C)c2ccccn2)n1.F[P-](F)(F)(F)(F)F.F[P-](F)(F)(F)(F)F.O=S(=O)([O-])C(F)(F)F.[Cr+3]. The topological polar surface area (TPSA) is 239 Å². The largest absolute Gasteiger partial charge is 3.00 e. The third-order valence-corrected chi connectivity index (χ3v) is 7.43. The number of alkyl halides is 3. The zero-order valence-corrected chi connectivity index (χ0v) is 44.1. The molecular weight excluding hydrogens is 1170 g/mol. The quantitative estimate of drug-likeness (QED) is 0.0452. The van der Waals surface area contributed by atoms with Crippen LogP contribution in [0.3, 0.4) is 0 Å². The number of nitrogens with zero attached hydrogens (tertiary/aromatic N) is 11. The van der Waals surface area contributed by atoms with Crippen molar-refractivity contribution in [3.63, 3.8) is 0 Å². The van der Waals surface area contributed by atoms with E-state index in [9.17, 15) is 68.3 Å². The van der Waals surface area contributed by atoms with Crippen molar-refractivity contribution in [2.45, 2.75) is 33.2 Å². The molecule has 6 rings (SSSR count). The van der Waals surface area contributed by atoms with Crippen molar-refractivity contribution in [2.75, 3.05) is 30.5 Å². The Morgan fingerprint density at radius 3 is 1.06 bits per heavy atom. The van der Waals surface area contributed by atoms with E-state index in [1.807, 2.05) is 115 Å². The fraction of sp³-hybridized carbons (Fsp3) is 0.190. The Bertz CT molecular complexity index is 2770. The average molecular weight is 1210 g/mol. The molecule has 0 aliphatic rings. The minimum absolute atomic E-state index is 0. The number of anilines is 4. The van der Waals surface area contributed by atoms with Crippen LogP contribution in [0.25, 0.3) is 22.8 Å². The number of halogens is 15. The van der Waals surface area contributed by atoms with Crippen LogP contribution in [0, 0.1) is 34.0 Å². The normalized spacial score (nSPS) is 12.0. The molecule has 1 radical (unpaired) electrons. The number of aromatic nitrogens is 6. The van der Waals surface area contributed by atoms with E-state index in [1.165, 1.54) is 20.8 Å². The van der Waals surface area contributed by atoms with E-state index in [-0.39, 0.29) is 23.3 Å². The van der Waals surface area contributed by atoms with Gasteiger partial charge in [0, 0.05) is 59.7 Å². The number of rotatable bonds is 8. The summed E-state index contributed by atoms with van der Waals surface area (Å²) in [7, 11) is -23.5. The Labute approximate surface area is 440 Å². The summed E-state index contributed by atoms with van der Waals surface area (Å²) in [5.41, 5.74) is -2.61. The van der Waals surface area contributed by atoms with Crippen LogP contribution in [0.5, 0.6) is 0 Å². The molecule has 77 heavy (non-hydrogen) atoms. The van der Waals surface area contributed by atoms with Crippen LogP contribution < -0.4 is 9.80 Å². The molecule has 16 nitrogen and oxygen atoms in total. The smallest absolute Gasteiger partial charge is 0.741 e. The molecule has 35 heteroatoms. The van der Waals surface area contributed by atoms with Crippen molar-refractivity contribution in [2.24, 2.45) is 0 Å². The minimum Gasteiger partial charge on any atom is -0.741 e. The number of hydrogen-bond acceptors (Lipinski definition) is 16. The summed E-state index contributed by atoms with van der Waals surface area (Å²) in [6.07, 6.45) is 6.92. The van der Waals surface area contributed by atoms with E-state index < -0.39 is 31.2 Å². The number of hydrogen-bond donors (Lipinski definition) is 0. The second-order valence-electron chi connectivity index (χ2n) is 13.1. The summed E-state index contributed by atoms with van der Waals surface area (Å²) >= 11 is 0. The zero-order valence-electron chi connectivity index (χ0n) is 40.2. The molecule has 0 saturated carbocycles. The number of carbonyl (C=O) groups excluding carboxylic acids is 1. The third-order valence-electron chi connectivity index (χ3n) is 6.87. The molecule has 6 heterocycles. The molecule has 0 saturated heterocycles. The first-order valence-corrected chi connectivity index (χ1v) is 25.3. The summed E-state index contributed by atoms with van der Waals surface area (Å²) < 4.78 is 182. The Hall–Kier alpha value is -7.31. The average Bonchev–Trinajstić information content (AvgIpc) is 3.31. The predicted octanol–water partition coefficient (Wildman–Crippen LogP) is 15.2. The second kappa shape index (κ2) is 29.8. The van der Waals surface area contributed by atoms with Crippen molar-refractivity contribution in [3.8, 4) is 41.0 Å². The Balaban J connectivity index is -0.000000927. The molecule has 0 fully saturated rings. The Morgan fingerprint density at radius 2 is 0.831 bits per heavy atom. The maximum Gasteiger partial charge on any atom is 3.00 e. The number of pyridine rings is 6. The van der Waals surface area contributed by atoms with Gasteiger partial charge < -0.3 is 19.1 Å². The maximum atomic E-state index is 12.1. The van der Waals surface area contributed by atoms with Gasteiger partial charge in [0.15, 0.2) is 10.1 Å². The third kappa shape index (κ3) is 40.7. The van der Waals surface area contributed by atoms with Crippen molar-refractivity contribution < 1.29 is 103 Å². The van der Waals surface area contributed by atoms with E-state index in [0.717, 1.165) is 23.3 Å². The Morgan fingerprint density at radius 1 is 0.558 bits per heavy atom. The van der Waals surface area contributed by atoms with Crippen molar-refractivity contribution in [1.29, 1.82) is 15.8 Å². The van der Waals surface area contributed by atoms with Crippen molar-refractivity contribution >= 4 is 55.0 Å².